The monoisotopic (exact) mass is 435 g/mol. The number of hydrogen-bond donors (Lipinski definition) is 1. The predicted molar refractivity (Wildman–Crippen MR) is 103 cm³/mol. The molecule has 0 radical (unpaired) electrons. The number of carbonyl (C=O) groups excluding carboxylic acids is 2. The molecule has 1 N–H and O–H groups in total. The second-order valence-corrected chi connectivity index (χ2v) is 6.78. The highest BCUT2D eigenvalue weighted by Crippen LogP contribution is 2.23. The summed E-state index contributed by atoms with van der Waals surface area (Å²) < 4.78 is 7.52. The number of benzene rings is 1. The van der Waals surface area contributed by atoms with E-state index in [0.29, 0.717) is 27.7 Å². The highest BCUT2D eigenvalue weighted by atomic mass is 79.9. The van der Waals surface area contributed by atoms with Crippen molar-refractivity contribution in [1.82, 2.24) is 9.38 Å². The lowest BCUT2D eigenvalue weighted by atomic mass is 10.2. The molecule has 0 bridgehead atoms. The van der Waals surface area contributed by atoms with Gasteiger partial charge in [-0.05, 0) is 53.2 Å². The van der Waals surface area contributed by atoms with Crippen LogP contribution in [0.15, 0.2) is 47.1 Å². The first kappa shape index (κ1) is 18.4. The molecule has 0 aliphatic carbocycles. The van der Waals surface area contributed by atoms with Gasteiger partial charge in [0.05, 0.1) is 18.7 Å². The van der Waals surface area contributed by atoms with Crippen molar-refractivity contribution in [3.63, 3.8) is 0 Å². The Morgan fingerprint density at radius 2 is 2.12 bits per heavy atom. The number of nitrogens with zero attached hydrogens (tertiary/aromatic N) is 2. The zero-order valence-electron chi connectivity index (χ0n) is 13.8. The minimum atomic E-state index is -0.409. The molecule has 2 aromatic heterocycles. The van der Waals surface area contributed by atoms with Gasteiger partial charge in [-0.25, -0.2) is 4.98 Å². The molecule has 26 heavy (non-hydrogen) atoms. The van der Waals surface area contributed by atoms with E-state index >= 15 is 0 Å². The van der Waals surface area contributed by atoms with Crippen molar-refractivity contribution in [1.29, 1.82) is 0 Å². The molecule has 0 unspecified atom stereocenters. The fourth-order valence-electron chi connectivity index (χ4n) is 2.48. The maximum atomic E-state index is 12.6. The van der Waals surface area contributed by atoms with Gasteiger partial charge in [0.25, 0.3) is 5.91 Å². The summed E-state index contributed by atoms with van der Waals surface area (Å²) in [5.74, 6) is -0.341. The molecule has 0 aliphatic heterocycles. The van der Waals surface area contributed by atoms with Crippen molar-refractivity contribution < 1.29 is 14.3 Å². The molecule has 6 nitrogen and oxygen atoms in total. The summed E-state index contributed by atoms with van der Waals surface area (Å²) in [6, 6.07) is 10.2. The van der Waals surface area contributed by atoms with Crippen molar-refractivity contribution in [3.05, 3.63) is 63.3 Å². The van der Waals surface area contributed by atoms with Crippen molar-refractivity contribution in [2.45, 2.75) is 13.3 Å². The molecule has 0 spiro atoms. The Bertz CT molecular complexity index is 987. The lowest BCUT2D eigenvalue weighted by Crippen LogP contribution is -2.16. The minimum absolute atomic E-state index is 0.0434. The van der Waals surface area contributed by atoms with Crippen LogP contribution in [0.2, 0.25) is 5.02 Å². The van der Waals surface area contributed by atoms with Crippen molar-refractivity contribution in [3.8, 4) is 0 Å². The Morgan fingerprint density at radius 1 is 1.31 bits per heavy atom. The van der Waals surface area contributed by atoms with E-state index < -0.39 is 5.97 Å². The zero-order chi connectivity index (χ0) is 18.7. The molecular formula is C18H15BrClN3O3. The average molecular weight is 437 g/mol. The average Bonchev–Trinajstić information content (AvgIpc) is 2.92. The van der Waals surface area contributed by atoms with E-state index in [2.05, 4.69) is 26.2 Å². The van der Waals surface area contributed by atoms with Crippen LogP contribution in [-0.2, 0) is 16.0 Å². The van der Waals surface area contributed by atoms with Gasteiger partial charge in [0.2, 0.25) is 0 Å². The van der Waals surface area contributed by atoms with Gasteiger partial charge in [-0.1, -0.05) is 17.7 Å². The normalized spacial score (nSPS) is 10.7. The van der Waals surface area contributed by atoms with Gasteiger partial charge >= 0.3 is 5.97 Å². The van der Waals surface area contributed by atoms with Gasteiger partial charge in [0.15, 0.2) is 0 Å². The molecule has 3 aromatic rings. The number of amides is 1. The number of esters is 1. The number of fused-ring (bicyclic) bond motifs is 1. The van der Waals surface area contributed by atoms with Crippen LogP contribution in [0.1, 0.15) is 23.0 Å². The Labute approximate surface area is 163 Å². The molecule has 134 valence electrons. The summed E-state index contributed by atoms with van der Waals surface area (Å²) in [6.45, 7) is 2.02. The van der Waals surface area contributed by atoms with E-state index in [9.17, 15) is 9.59 Å². The van der Waals surface area contributed by atoms with Crippen LogP contribution >= 0.6 is 27.5 Å². The van der Waals surface area contributed by atoms with E-state index in [1.54, 1.807) is 47.9 Å². The standard InChI is InChI=1S/C18H15BrClN3O3/c1-2-26-16(24)9-14-17(23-10-12(19)6-7-15(23)21-14)22-18(25)11-4-3-5-13(20)8-11/h3-8,10H,2,9H2,1H3,(H,22,25). The summed E-state index contributed by atoms with van der Waals surface area (Å²) >= 11 is 9.36. The summed E-state index contributed by atoms with van der Waals surface area (Å²) in [5.41, 5.74) is 1.44. The van der Waals surface area contributed by atoms with Crippen molar-refractivity contribution in [2.24, 2.45) is 0 Å². The second-order valence-electron chi connectivity index (χ2n) is 5.43. The number of pyridine rings is 1. The summed E-state index contributed by atoms with van der Waals surface area (Å²) in [6.07, 6.45) is 1.73. The molecule has 0 atom stereocenters. The molecule has 0 saturated heterocycles. The predicted octanol–water partition coefficient (Wildman–Crippen LogP) is 4.11. The van der Waals surface area contributed by atoms with Crippen LogP contribution in [0, 0.1) is 0 Å². The Kier molecular flexibility index (Phi) is 5.58. The number of anilines is 1. The van der Waals surface area contributed by atoms with Crippen LogP contribution in [0.4, 0.5) is 5.82 Å². The molecule has 8 heteroatoms. The number of ether oxygens (including phenoxy) is 1. The Hall–Kier alpha value is -2.38. The third kappa shape index (κ3) is 4.05. The maximum absolute atomic E-state index is 12.6. The van der Waals surface area contributed by atoms with E-state index in [4.69, 9.17) is 16.3 Å². The van der Waals surface area contributed by atoms with E-state index in [-0.39, 0.29) is 18.9 Å². The van der Waals surface area contributed by atoms with Crippen LogP contribution < -0.4 is 5.32 Å². The molecule has 0 fully saturated rings. The minimum Gasteiger partial charge on any atom is -0.466 e. The number of imidazole rings is 1. The van der Waals surface area contributed by atoms with Crippen LogP contribution in [0.3, 0.4) is 0 Å². The lowest BCUT2D eigenvalue weighted by molar-refractivity contribution is -0.142. The highest BCUT2D eigenvalue weighted by molar-refractivity contribution is 9.10. The van der Waals surface area contributed by atoms with Crippen LogP contribution in [0.5, 0.6) is 0 Å². The van der Waals surface area contributed by atoms with Gasteiger partial charge in [0, 0.05) is 21.3 Å². The fraction of sp³-hybridized carbons (Fsp3) is 0.167. The Balaban J connectivity index is 2.00. The van der Waals surface area contributed by atoms with E-state index in [1.165, 1.54) is 0 Å². The number of carbonyl (C=O) groups is 2. The first-order valence-corrected chi connectivity index (χ1v) is 9.04. The third-order valence-electron chi connectivity index (χ3n) is 3.59. The second kappa shape index (κ2) is 7.88. The molecule has 1 amide bonds. The smallest absolute Gasteiger partial charge is 0.312 e. The number of rotatable bonds is 5. The zero-order valence-corrected chi connectivity index (χ0v) is 16.2. The first-order chi connectivity index (χ1) is 12.5. The van der Waals surface area contributed by atoms with Gasteiger partial charge in [-0.15, -0.1) is 0 Å². The van der Waals surface area contributed by atoms with Gasteiger partial charge in [-0.3, -0.25) is 14.0 Å². The largest absolute Gasteiger partial charge is 0.466 e. The van der Waals surface area contributed by atoms with Gasteiger partial charge < -0.3 is 10.1 Å². The summed E-state index contributed by atoms with van der Waals surface area (Å²) in [5, 5.41) is 3.29. The molecule has 0 saturated carbocycles. The lowest BCUT2D eigenvalue weighted by Gasteiger charge is -2.08. The van der Waals surface area contributed by atoms with E-state index in [1.807, 2.05) is 6.07 Å². The maximum Gasteiger partial charge on any atom is 0.312 e. The Morgan fingerprint density at radius 3 is 2.85 bits per heavy atom. The molecular weight excluding hydrogens is 422 g/mol. The van der Waals surface area contributed by atoms with Gasteiger partial charge in [-0.2, -0.15) is 0 Å². The molecule has 0 aliphatic rings. The number of hydrogen-bond acceptors (Lipinski definition) is 4. The van der Waals surface area contributed by atoms with E-state index in [0.717, 1.165) is 4.47 Å². The van der Waals surface area contributed by atoms with Crippen LogP contribution in [-0.4, -0.2) is 27.9 Å². The number of aromatic nitrogens is 2. The molecule has 2 heterocycles. The van der Waals surface area contributed by atoms with Crippen molar-refractivity contribution >= 4 is 50.9 Å². The summed E-state index contributed by atoms with van der Waals surface area (Å²) in [4.78, 5) is 29.0. The first-order valence-electron chi connectivity index (χ1n) is 7.87. The SMILES string of the molecule is CCOC(=O)Cc1nc2ccc(Br)cn2c1NC(=O)c1cccc(Cl)c1. The number of halogens is 2. The molecule has 3 rings (SSSR count). The third-order valence-corrected chi connectivity index (χ3v) is 4.29. The molecule has 1 aromatic carbocycles. The highest BCUT2D eigenvalue weighted by Gasteiger charge is 2.19. The summed E-state index contributed by atoms with van der Waals surface area (Å²) in [7, 11) is 0. The quantitative estimate of drug-likeness (QED) is 0.611. The number of nitrogens with one attached hydrogen (secondary N) is 1. The fourth-order valence-corrected chi connectivity index (χ4v) is 3.01. The van der Waals surface area contributed by atoms with Gasteiger partial charge in [0.1, 0.15) is 11.5 Å². The van der Waals surface area contributed by atoms with Crippen molar-refractivity contribution in [2.75, 3.05) is 11.9 Å². The van der Waals surface area contributed by atoms with Crippen LogP contribution in [0.25, 0.3) is 5.65 Å². The topological polar surface area (TPSA) is 72.7 Å².